The van der Waals surface area contributed by atoms with Crippen molar-refractivity contribution in [2.45, 2.75) is 20.3 Å². The van der Waals surface area contributed by atoms with Gasteiger partial charge in [-0.25, -0.2) is 9.97 Å². The lowest BCUT2D eigenvalue weighted by Gasteiger charge is -2.22. The summed E-state index contributed by atoms with van der Waals surface area (Å²) in [4.78, 5) is 22.7. The first-order valence-electron chi connectivity index (χ1n) is 7.24. The van der Waals surface area contributed by atoms with Gasteiger partial charge >= 0.3 is 5.97 Å². The number of carboxylic acid groups (broad SMARTS) is 1. The minimum Gasteiger partial charge on any atom is -0.497 e. The summed E-state index contributed by atoms with van der Waals surface area (Å²) in [5, 5.41) is 9.36. The predicted molar refractivity (Wildman–Crippen MR) is 83.4 cm³/mol. The summed E-state index contributed by atoms with van der Waals surface area (Å²) < 4.78 is 5.20. The van der Waals surface area contributed by atoms with Gasteiger partial charge in [0.05, 0.1) is 29.3 Å². The summed E-state index contributed by atoms with van der Waals surface area (Å²) in [6.45, 7) is 4.82. The van der Waals surface area contributed by atoms with E-state index in [9.17, 15) is 9.90 Å². The fraction of sp³-hybridized carbons (Fsp3) is 0.438. The molecule has 2 heterocycles. The van der Waals surface area contributed by atoms with Crippen LogP contribution in [0.2, 0.25) is 0 Å². The zero-order valence-corrected chi connectivity index (χ0v) is 13.0. The Morgan fingerprint density at radius 3 is 2.77 bits per heavy atom. The van der Waals surface area contributed by atoms with Gasteiger partial charge in [-0.05, 0) is 32.4 Å². The Labute approximate surface area is 128 Å². The van der Waals surface area contributed by atoms with Crippen LogP contribution in [0, 0.1) is 12.3 Å². The van der Waals surface area contributed by atoms with Gasteiger partial charge in [-0.3, -0.25) is 4.79 Å². The molecule has 116 valence electrons. The van der Waals surface area contributed by atoms with Crippen molar-refractivity contribution in [3.8, 4) is 5.75 Å². The molecule has 1 unspecified atom stereocenters. The number of ether oxygens (including phenoxy) is 1. The Balaban J connectivity index is 1.98. The highest BCUT2D eigenvalue weighted by molar-refractivity contribution is 5.79. The molecule has 6 nitrogen and oxygen atoms in total. The second-order valence-electron chi connectivity index (χ2n) is 6.02. The van der Waals surface area contributed by atoms with Crippen LogP contribution < -0.4 is 9.64 Å². The van der Waals surface area contributed by atoms with Gasteiger partial charge in [-0.2, -0.15) is 0 Å². The molecule has 1 aromatic heterocycles. The van der Waals surface area contributed by atoms with Crippen LogP contribution in [0.3, 0.4) is 0 Å². The number of rotatable bonds is 3. The number of aryl methyl sites for hydroxylation is 1. The molecule has 6 heteroatoms. The average Bonchev–Trinajstić information content (AvgIpc) is 2.89. The molecule has 0 amide bonds. The quantitative estimate of drug-likeness (QED) is 0.937. The summed E-state index contributed by atoms with van der Waals surface area (Å²) in [6, 6.07) is 5.57. The van der Waals surface area contributed by atoms with Crippen LogP contribution in [0.5, 0.6) is 5.75 Å². The van der Waals surface area contributed by atoms with Crippen LogP contribution in [0.15, 0.2) is 18.2 Å². The smallest absolute Gasteiger partial charge is 0.311 e. The van der Waals surface area contributed by atoms with Crippen LogP contribution in [-0.4, -0.2) is 41.2 Å². The topological polar surface area (TPSA) is 75.5 Å². The van der Waals surface area contributed by atoms with Gasteiger partial charge in [0.2, 0.25) is 0 Å². The Morgan fingerprint density at radius 2 is 2.14 bits per heavy atom. The molecule has 1 atom stereocenters. The van der Waals surface area contributed by atoms with Gasteiger partial charge in [-0.1, -0.05) is 0 Å². The molecule has 0 bridgehead atoms. The number of carboxylic acids is 1. The first kappa shape index (κ1) is 14.6. The number of aromatic nitrogens is 2. The lowest BCUT2D eigenvalue weighted by Crippen LogP contribution is -2.32. The molecule has 1 saturated heterocycles. The molecular formula is C16H19N3O3. The fourth-order valence-electron chi connectivity index (χ4n) is 2.86. The molecule has 1 fully saturated rings. The second kappa shape index (κ2) is 5.12. The molecular weight excluding hydrogens is 282 g/mol. The van der Waals surface area contributed by atoms with Crippen LogP contribution in [0.1, 0.15) is 19.0 Å². The molecule has 3 rings (SSSR count). The lowest BCUT2D eigenvalue weighted by molar-refractivity contribution is -0.146. The van der Waals surface area contributed by atoms with Crippen molar-refractivity contribution in [2.75, 3.05) is 25.1 Å². The molecule has 0 spiro atoms. The molecule has 1 N–H and O–H groups in total. The molecule has 0 radical (unpaired) electrons. The minimum atomic E-state index is -0.758. The number of anilines is 1. The van der Waals surface area contributed by atoms with E-state index < -0.39 is 11.4 Å². The first-order chi connectivity index (χ1) is 10.4. The maximum Gasteiger partial charge on any atom is 0.311 e. The third kappa shape index (κ3) is 2.34. The van der Waals surface area contributed by atoms with Crippen molar-refractivity contribution in [2.24, 2.45) is 5.41 Å². The van der Waals surface area contributed by atoms with Crippen molar-refractivity contribution in [1.29, 1.82) is 0 Å². The maximum atomic E-state index is 11.4. The minimum absolute atomic E-state index is 0.458. The molecule has 0 aliphatic carbocycles. The lowest BCUT2D eigenvalue weighted by atomic mass is 9.90. The van der Waals surface area contributed by atoms with Crippen molar-refractivity contribution >= 4 is 22.8 Å². The van der Waals surface area contributed by atoms with Crippen molar-refractivity contribution in [3.63, 3.8) is 0 Å². The SMILES string of the molecule is COc1ccc2nc(N3CCC(C)(C(=O)O)C3)c(C)nc2c1. The van der Waals surface area contributed by atoms with E-state index in [2.05, 4.69) is 9.97 Å². The largest absolute Gasteiger partial charge is 0.497 e. The Kier molecular flexibility index (Phi) is 3.39. The number of methoxy groups -OCH3 is 1. The van der Waals surface area contributed by atoms with Crippen molar-refractivity contribution in [1.82, 2.24) is 9.97 Å². The Hall–Kier alpha value is -2.37. The summed E-state index contributed by atoms with van der Waals surface area (Å²) in [5.41, 5.74) is 1.64. The van der Waals surface area contributed by atoms with E-state index in [0.29, 0.717) is 19.5 Å². The van der Waals surface area contributed by atoms with Crippen LogP contribution in [0.25, 0.3) is 11.0 Å². The monoisotopic (exact) mass is 301 g/mol. The van der Waals surface area contributed by atoms with Crippen molar-refractivity contribution in [3.05, 3.63) is 23.9 Å². The molecule has 0 saturated carbocycles. The average molecular weight is 301 g/mol. The van der Waals surface area contributed by atoms with Crippen LogP contribution in [0.4, 0.5) is 5.82 Å². The van der Waals surface area contributed by atoms with Crippen molar-refractivity contribution < 1.29 is 14.6 Å². The normalized spacial score (nSPS) is 21.3. The van der Waals surface area contributed by atoms with Gasteiger partial charge in [0.15, 0.2) is 5.82 Å². The van der Waals surface area contributed by atoms with E-state index in [0.717, 1.165) is 28.3 Å². The fourth-order valence-corrected chi connectivity index (χ4v) is 2.86. The van der Waals surface area contributed by atoms with Gasteiger partial charge < -0.3 is 14.7 Å². The van der Waals surface area contributed by atoms with Crippen LogP contribution >= 0.6 is 0 Å². The molecule has 1 aromatic carbocycles. The Bertz CT molecular complexity index is 747. The summed E-state index contributed by atoms with van der Waals surface area (Å²) in [5.74, 6) is 0.752. The van der Waals surface area contributed by atoms with Crippen LogP contribution in [-0.2, 0) is 4.79 Å². The van der Waals surface area contributed by atoms with Gasteiger partial charge in [0.25, 0.3) is 0 Å². The van der Waals surface area contributed by atoms with E-state index in [-0.39, 0.29) is 0 Å². The van der Waals surface area contributed by atoms with E-state index in [1.54, 1.807) is 14.0 Å². The number of aliphatic carboxylic acids is 1. The summed E-state index contributed by atoms with van der Waals surface area (Å²) in [6.07, 6.45) is 0.615. The Morgan fingerprint density at radius 1 is 1.36 bits per heavy atom. The first-order valence-corrected chi connectivity index (χ1v) is 7.24. The number of carbonyl (C=O) groups is 1. The molecule has 1 aliphatic heterocycles. The van der Waals surface area contributed by atoms with E-state index in [1.165, 1.54) is 0 Å². The number of hydrogen-bond acceptors (Lipinski definition) is 5. The predicted octanol–water partition coefficient (Wildman–Crippen LogP) is 2.25. The third-order valence-corrected chi connectivity index (χ3v) is 4.31. The summed E-state index contributed by atoms with van der Waals surface area (Å²) in [7, 11) is 1.62. The van der Waals surface area contributed by atoms with E-state index >= 15 is 0 Å². The number of fused-ring (bicyclic) bond motifs is 1. The van der Waals surface area contributed by atoms with Gasteiger partial charge in [0.1, 0.15) is 5.75 Å². The zero-order valence-electron chi connectivity index (χ0n) is 13.0. The third-order valence-electron chi connectivity index (χ3n) is 4.31. The zero-order chi connectivity index (χ0) is 15.9. The van der Waals surface area contributed by atoms with Gasteiger partial charge in [0, 0.05) is 19.2 Å². The van der Waals surface area contributed by atoms with Gasteiger partial charge in [-0.15, -0.1) is 0 Å². The molecule has 1 aliphatic rings. The summed E-state index contributed by atoms with van der Waals surface area (Å²) >= 11 is 0. The highest BCUT2D eigenvalue weighted by Crippen LogP contribution is 2.34. The number of nitrogens with zero attached hydrogens (tertiary/aromatic N) is 3. The highest BCUT2D eigenvalue weighted by Gasteiger charge is 2.41. The maximum absolute atomic E-state index is 11.4. The number of benzene rings is 1. The standard InChI is InChI=1S/C16H19N3O3/c1-10-14(19-7-6-16(2,9-19)15(20)21)18-12-5-4-11(22-3)8-13(12)17-10/h4-5,8H,6-7,9H2,1-3H3,(H,20,21). The molecule has 22 heavy (non-hydrogen) atoms. The van der Waals surface area contributed by atoms with E-state index in [1.807, 2.05) is 30.0 Å². The second-order valence-corrected chi connectivity index (χ2v) is 6.02. The number of hydrogen-bond donors (Lipinski definition) is 1. The highest BCUT2D eigenvalue weighted by atomic mass is 16.5. The van der Waals surface area contributed by atoms with E-state index in [4.69, 9.17) is 4.74 Å². The molecule has 2 aromatic rings.